The standard InChI is InChI=1S/C40H74N6O6P2/c41-23-13-27-45(28-14-24-42)31-37-53(47,51-35-21-39-17-7-5-8-18-39)49-33-11-3-1-2-4-12-34-50-54(48,52-36-22-40-19-9-6-10-20-40)38-32-46(29-15-25-43)30-16-26-44/h5-10,17-20H,1-4,11-16,21-38,41-44H2. The largest absolute Gasteiger partial charge is 0.331 e. The molecule has 54 heavy (non-hydrogen) atoms. The lowest BCUT2D eigenvalue weighted by molar-refractivity contribution is 0.193. The summed E-state index contributed by atoms with van der Waals surface area (Å²) in [6, 6.07) is 20.2. The Kier molecular flexibility index (Phi) is 28.4. The van der Waals surface area contributed by atoms with Crippen molar-refractivity contribution in [3.8, 4) is 0 Å². The third kappa shape index (κ3) is 24.2. The molecule has 0 saturated carbocycles. The first-order valence-corrected chi connectivity index (χ1v) is 23.9. The van der Waals surface area contributed by atoms with Gasteiger partial charge in [0.25, 0.3) is 0 Å². The van der Waals surface area contributed by atoms with E-state index in [2.05, 4.69) is 9.80 Å². The maximum atomic E-state index is 13.9. The van der Waals surface area contributed by atoms with E-state index < -0.39 is 15.2 Å². The Hall–Kier alpha value is -1.50. The lowest BCUT2D eigenvalue weighted by atomic mass is 10.1. The Morgan fingerprint density at radius 3 is 1.06 bits per heavy atom. The van der Waals surface area contributed by atoms with Crippen LogP contribution in [0.2, 0.25) is 0 Å². The van der Waals surface area contributed by atoms with Crippen molar-refractivity contribution in [2.24, 2.45) is 22.9 Å². The third-order valence-electron chi connectivity index (χ3n) is 9.25. The average Bonchev–Trinajstić information content (AvgIpc) is 3.19. The molecule has 0 spiro atoms. The summed E-state index contributed by atoms with van der Waals surface area (Å²) in [5.74, 6) is 0. The maximum Gasteiger partial charge on any atom is 0.331 e. The number of benzene rings is 2. The molecule has 0 aromatic heterocycles. The van der Waals surface area contributed by atoms with Crippen LogP contribution in [0.5, 0.6) is 0 Å². The molecule has 2 aromatic carbocycles. The van der Waals surface area contributed by atoms with Gasteiger partial charge >= 0.3 is 15.2 Å². The second-order valence-electron chi connectivity index (χ2n) is 13.8. The summed E-state index contributed by atoms with van der Waals surface area (Å²) in [7, 11) is -6.57. The molecule has 12 nitrogen and oxygen atoms in total. The van der Waals surface area contributed by atoms with Crippen LogP contribution >= 0.6 is 15.2 Å². The molecule has 0 saturated heterocycles. The van der Waals surface area contributed by atoms with Crippen LogP contribution < -0.4 is 22.9 Å². The lowest BCUT2D eigenvalue weighted by Crippen LogP contribution is -2.31. The van der Waals surface area contributed by atoms with E-state index in [9.17, 15) is 9.13 Å². The monoisotopic (exact) mass is 797 g/mol. The predicted octanol–water partition coefficient (Wildman–Crippen LogP) is 6.26. The van der Waals surface area contributed by atoms with E-state index in [1.807, 2.05) is 60.7 Å². The zero-order valence-corrected chi connectivity index (χ0v) is 34.9. The molecule has 0 radical (unpaired) electrons. The third-order valence-corrected chi connectivity index (χ3v) is 13.1. The molecule has 0 aliphatic heterocycles. The van der Waals surface area contributed by atoms with Crippen LogP contribution in [0, 0.1) is 0 Å². The fourth-order valence-corrected chi connectivity index (χ4v) is 9.28. The molecule has 14 heteroatoms. The van der Waals surface area contributed by atoms with Crippen molar-refractivity contribution < 1.29 is 27.2 Å². The number of nitrogens with zero attached hydrogens (tertiary/aromatic N) is 2. The Bertz CT molecular complexity index is 1140. The molecule has 8 N–H and O–H groups in total. The molecular weight excluding hydrogens is 722 g/mol. The molecule has 310 valence electrons. The van der Waals surface area contributed by atoms with E-state index >= 15 is 0 Å². The van der Waals surface area contributed by atoms with E-state index in [1.54, 1.807) is 0 Å². The van der Waals surface area contributed by atoms with Crippen LogP contribution in [-0.4, -0.2) is 114 Å². The summed E-state index contributed by atoms with van der Waals surface area (Å²) in [5, 5.41) is 0. The van der Waals surface area contributed by atoms with Crippen LogP contribution in [0.15, 0.2) is 60.7 Å². The van der Waals surface area contributed by atoms with Crippen molar-refractivity contribution in [3.05, 3.63) is 71.8 Å². The average molecular weight is 797 g/mol. The number of unbranched alkanes of at least 4 members (excludes halogenated alkanes) is 5. The van der Waals surface area contributed by atoms with Gasteiger partial charge in [0.05, 0.1) is 38.8 Å². The lowest BCUT2D eigenvalue weighted by Gasteiger charge is -2.25. The molecule has 0 heterocycles. The topological polar surface area (TPSA) is 182 Å². The van der Waals surface area contributed by atoms with E-state index in [4.69, 9.17) is 41.0 Å². The van der Waals surface area contributed by atoms with E-state index in [0.29, 0.717) is 90.9 Å². The summed E-state index contributed by atoms with van der Waals surface area (Å²) in [5.41, 5.74) is 25.3. The van der Waals surface area contributed by atoms with Crippen LogP contribution in [0.25, 0.3) is 0 Å². The van der Waals surface area contributed by atoms with Gasteiger partial charge in [-0.15, -0.1) is 0 Å². The first kappa shape index (κ1) is 48.6. The summed E-state index contributed by atoms with van der Waals surface area (Å²) in [4.78, 5) is 4.52. The molecule has 2 rings (SSSR count). The molecule has 2 aromatic rings. The van der Waals surface area contributed by atoms with Gasteiger partial charge in [-0.3, -0.25) is 9.13 Å². The molecule has 2 unspecified atom stereocenters. The van der Waals surface area contributed by atoms with Gasteiger partial charge < -0.3 is 50.8 Å². The van der Waals surface area contributed by atoms with Crippen molar-refractivity contribution >= 4 is 15.2 Å². The summed E-state index contributed by atoms with van der Waals surface area (Å²) in [6.45, 7) is 8.55. The van der Waals surface area contributed by atoms with Gasteiger partial charge in [0.15, 0.2) is 0 Å². The number of hydrogen-bond donors (Lipinski definition) is 4. The Balaban J connectivity index is 1.78. The SMILES string of the molecule is NCCCN(CCCN)CCP(=O)(OCCCCCCCCOP(=O)(CCN(CCCN)CCCN)OCCc1ccccc1)OCCc1ccccc1. The summed E-state index contributed by atoms with van der Waals surface area (Å²) in [6.07, 6.45) is 11.2. The fraction of sp³-hybridized carbons (Fsp3) is 0.700. The zero-order valence-electron chi connectivity index (χ0n) is 33.1. The molecular formula is C40H74N6O6P2. The number of rotatable bonds is 37. The molecule has 0 aliphatic carbocycles. The molecule has 0 amide bonds. The Morgan fingerprint density at radius 1 is 0.407 bits per heavy atom. The van der Waals surface area contributed by atoms with Crippen molar-refractivity contribution in [1.82, 2.24) is 9.80 Å². The van der Waals surface area contributed by atoms with Crippen molar-refractivity contribution in [3.63, 3.8) is 0 Å². The highest BCUT2D eigenvalue weighted by molar-refractivity contribution is 7.54. The molecule has 0 aliphatic rings. The highest BCUT2D eigenvalue weighted by Crippen LogP contribution is 2.49. The van der Waals surface area contributed by atoms with Crippen LogP contribution in [0.3, 0.4) is 0 Å². The summed E-state index contributed by atoms with van der Waals surface area (Å²) >= 11 is 0. The highest BCUT2D eigenvalue weighted by atomic mass is 31.2. The van der Waals surface area contributed by atoms with Gasteiger partial charge in [-0.1, -0.05) is 86.3 Å². The second-order valence-corrected chi connectivity index (χ2v) is 18.2. The first-order valence-electron chi connectivity index (χ1n) is 20.4. The van der Waals surface area contributed by atoms with E-state index in [0.717, 1.165) is 102 Å². The molecule has 0 fully saturated rings. The van der Waals surface area contributed by atoms with Crippen molar-refractivity contribution in [2.45, 2.75) is 77.0 Å². The van der Waals surface area contributed by atoms with Gasteiger partial charge in [0, 0.05) is 13.1 Å². The summed E-state index contributed by atoms with van der Waals surface area (Å²) < 4.78 is 51.8. The van der Waals surface area contributed by atoms with Crippen LogP contribution in [-0.2, 0) is 40.1 Å². The quantitative estimate of drug-likeness (QED) is 0.0446. The van der Waals surface area contributed by atoms with Crippen molar-refractivity contribution in [2.75, 3.05) is 104 Å². The zero-order chi connectivity index (χ0) is 39.0. The Labute approximate surface area is 327 Å². The molecule has 0 bridgehead atoms. The normalized spacial score (nSPS) is 14.1. The van der Waals surface area contributed by atoms with Crippen molar-refractivity contribution in [1.29, 1.82) is 0 Å². The van der Waals surface area contributed by atoms with Gasteiger partial charge in [-0.05, 0) is 115 Å². The highest BCUT2D eigenvalue weighted by Gasteiger charge is 2.27. The minimum absolute atomic E-state index is 0.343. The minimum atomic E-state index is -3.28. The first-order chi connectivity index (χ1) is 26.3. The second kappa shape index (κ2) is 31.6. The van der Waals surface area contributed by atoms with Gasteiger partial charge in [-0.25, -0.2) is 0 Å². The fourth-order valence-electron chi connectivity index (χ4n) is 6.00. The maximum absolute atomic E-state index is 13.9. The Morgan fingerprint density at radius 2 is 0.722 bits per heavy atom. The molecule has 2 atom stereocenters. The number of nitrogens with two attached hydrogens (primary N) is 4. The van der Waals surface area contributed by atoms with Gasteiger partial charge in [-0.2, -0.15) is 0 Å². The van der Waals surface area contributed by atoms with Gasteiger partial charge in [0.2, 0.25) is 0 Å². The van der Waals surface area contributed by atoms with E-state index in [1.165, 1.54) is 0 Å². The van der Waals surface area contributed by atoms with Gasteiger partial charge in [0.1, 0.15) is 0 Å². The minimum Gasteiger partial charge on any atom is -0.330 e. The van der Waals surface area contributed by atoms with E-state index in [-0.39, 0.29) is 0 Å². The number of hydrogen-bond acceptors (Lipinski definition) is 12. The smallest absolute Gasteiger partial charge is 0.330 e. The van der Waals surface area contributed by atoms with Crippen LogP contribution in [0.4, 0.5) is 0 Å². The predicted molar refractivity (Wildman–Crippen MR) is 224 cm³/mol. The van der Waals surface area contributed by atoms with Crippen LogP contribution in [0.1, 0.15) is 75.3 Å².